The molecule has 3 rings (SSSR count). The summed E-state index contributed by atoms with van der Waals surface area (Å²) in [6.45, 7) is 2.07. The van der Waals surface area contributed by atoms with Gasteiger partial charge in [-0.2, -0.15) is 0 Å². The average molecular weight is 310 g/mol. The number of halogens is 1. The lowest BCUT2D eigenvalue weighted by atomic mass is 10.1. The molecule has 0 radical (unpaired) electrons. The fraction of sp³-hybridized carbons (Fsp3) is 0.222. The highest BCUT2D eigenvalue weighted by Crippen LogP contribution is 2.22. The summed E-state index contributed by atoms with van der Waals surface area (Å²) >= 11 is 0. The second kappa shape index (κ2) is 6.20. The number of aromatic nitrogens is 3. The largest absolute Gasteiger partial charge is 0.314 e. The van der Waals surface area contributed by atoms with E-state index in [4.69, 9.17) is 0 Å². The van der Waals surface area contributed by atoms with Crippen LogP contribution in [-0.4, -0.2) is 21.8 Å². The third-order valence-electron chi connectivity index (χ3n) is 3.94. The number of hydrogen-bond acceptors (Lipinski definition) is 3. The van der Waals surface area contributed by atoms with Crippen molar-refractivity contribution in [2.45, 2.75) is 13.3 Å². The van der Waals surface area contributed by atoms with Gasteiger partial charge < -0.3 is 4.90 Å². The maximum absolute atomic E-state index is 13.1. The van der Waals surface area contributed by atoms with E-state index in [9.17, 15) is 4.39 Å². The van der Waals surface area contributed by atoms with Crippen molar-refractivity contribution in [3.8, 4) is 0 Å². The first kappa shape index (κ1) is 15.2. The molecule has 23 heavy (non-hydrogen) atoms. The molecule has 0 atom stereocenters. The molecule has 0 saturated heterocycles. The first-order valence-corrected chi connectivity index (χ1v) is 7.47. The Hall–Kier alpha value is -2.69. The Morgan fingerprint density at radius 2 is 1.65 bits per heavy atom. The van der Waals surface area contributed by atoms with E-state index in [2.05, 4.69) is 41.4 Å². The first-order chi connectivity index (χ1) is 11.0. The van der Waals surface area contributed by atoms with Gasteiger partial charge in [0.25, 0.3) is 0 Å². The van der Waals surface area contributed by atoms with Crippen LogP contribution in [0.25, 0.3) is 0 Å². The van der Waals surface area contributed by atoms with Gasteiger partial charge in [-0.1, -0.05) is 29.8 Å². The summed E-state index contributed by atoms with van der Waals surface area (Å²) in [4.78, 5) is 1.89. The van der Waals surface area contributed by atoms with Crippen LogP contribution >= 0.6 is 0 Å². The Bertz CT molecular complexity index is 791. The van der Waals surface area contributed by atoms with E-state index in [1.54, 1.807) is 12.1 Å². The van der Waals surface area contributed by atoms with Crippen molar-refractivity contribution in [2.24, 2.45) is 7.05 Å². The zero-order chi connectivity index (χ0) is 16.4. The molecule has 0 saturated carbocycles. The van der Waals surface area contributed by atoms with E-state index in [-0.39, 0.29) is 5.82 Å². The van der Waals surface area contributed by atoms with E-state index in [0.717, 1.165) is 23.9 Å². The van der Waals surface area contributed by atoms with Crippen molar-refractivity contribution < 1.29 is 4.39 Å². The van der Waals surface area contributed by atoms with Crippen molar-refractivity contribution in [3.63, 3.8) is 0 Å². The van der Waals surface area contributed by atoms with Gasteiger partial charge in [-0.05, 0) is 36.8 Å². The predicted octanol–water partition coefficient (Wildman–Crippen LogP) is 3.62. The maximum Gasteiger partial charge on any atom is 0.231 e. The van der Waals surface area contributed by atoms with Crippen molar-refractivity contribution in [3.05, 3.63) is 71.3 Å². The molecule has 0 bridgehead atoms. The number of aryl methyl sites for hydroxylation is 1. The van der Waals surface area contributed by atoms with Gasteiger partial charge in [0.15, 0.2) is 0 Å². The molecule has 0 fully saturated rings. The summed E-state index contributed by atoms with van der Waals surface area (Å²) < 4.78 is 15.0. The summed E-state index contributed by atoms with van der Waals surface area (Å²) in [7, 11) is 3.84. The van der Waals surface area contributed by atoms with Crippen molar-refractivity contribution >= 4 is 11.6 Å². The SMILES string of the molecule is Cc1ccc(Cc2nnc(N(C)c3ccc(F)cc3)n2C)cc1. The third-order valence-corrected chi connectivity index (χ3v) is 3.94. The van der Waals surface area contributed by atoms with Crippen LogP contribution in [0.4, 0.5) is 16.0 Å². The van der Waals surface area contributed by atoms with Crippen LogP contribution in [0.15, 0.2) is 48.5 Å². The van der Waals surface area contributed by atoms with Crippen molar-refractivity contribution in [1.82, 2.24) is 14.8 Å². The monoisotopic (exact) mass is 310 g/mol. The standard InChI is InChI=1S/C18H19FN4/c1-13-4-6-14(7-5-13)12-17-20-21-18(23(17)3)22(2)16-10-8-15(19)9-11-16/h4-11H,12H2,1-3H3. The Balaban J connectivity index is 1.83. The minimum absolute atomic E-state index is 0.250. The molecular weight excluding hydrogens is 291 g/mol. The highest BCUT2D eigenvalue weighted by molar-refractivity contribution is 5.56. The minimum atomic E-state index is -0.250. The average Bonchev–Trinajstić information content (AvgIpc) is 2.90. The Kier molecular flexibility index (Phi) is 4.10. The maximum atomic E-state index is 13.1. The Labute approximate surface area is 135 Å². The van der Waals surface area contributed by atoms with Gasteiger partial charge >= 0.3 is 0 Å². The van der Waals surface area contributed by atoms with Crippen molar-refractivity contribution in [1.29, 1.82) is 0 Å². The number of anilines is 2. The van der Waals surface area contributed by atoms with Crippen LogP contribution in [0.5, 0.6) is 0 Å². The lowest BCUT2D eigenvalue weighted by Gasteiger charge is -2.18. The van der Waals surface area contributed by atoms with Gasteiger partial charge in [-0.25, -0.2) is 4.39 Å². The highest BCUT2D eigenvalue weighted by Gasteiger charge is 2.14. The number of benzene rings is 2. The summed E-state index contributed by atoms with van der Waals surface area (Å²) in [5, 5.41) is 8.57. The molecule has 1 heterocycles. The molecule has 1 aromatic heterocycles. The molecule has 5 heteroatoms. The second-order valence-electron chi connectivity index (χ2n) is 5.67. The summed E-state index contributed by atoms with van der Waals surface area (Å²) in [5.41, 5.74) is 3.30. The minimum Gasteiger partial charge on any atom is -0.314 e. The Morgan fingerprint density at radius 3 is 2.30 bits per heavy atom. The van der Waals surface area contributed by atoms with Gasteiger partial charge in [0.05, 0.1) is 0 Å². The third kappa shape index (κ3) is 3.23. The molecule has 0 spiro atoms. The lowest BCUT2D eigenvalue weighted by molar-refractivity contribution is 0.628. The van der Waals surface area contributed by atoms with Crippen LogP contribution in [0.1, 0.15) is 17.0 Å². The Morgan fingerprint density at radius 1 is 1.00 bits per heavy atom. The fourth-order valence-electron chi connectivity index (χ4n) is 2.47. The van der Waals surface area contributed by atoms with Gasteiger partial charge in [-0.3, -0.25) is 4.57 Å². The predicted molar refractivity (Wildman–Crippen MR) is 89.5 cm³/mol. The van der Waals surface area contributed by atoms with Crippen LogP contribution < -0.4 is 4.90 Å². The van der Waals surface area contributed by atoms with Gasteiger partial charge in [-0.15, -0.1) is 10.2 Å². The van der Waals surface area contributed by atoms with Gasteiger partial charge in [0, 0.05) is 26.2 Å². The van der Waals surface area contributed by atoms with E-state index >= 15 is 0 Å². The van der Waals surface area contributed by atoms with E-state index in [1.165, 1.54) is 23.3 Å². The van der Waals surface area contributed by atoms with Crippen LogP contribution in [-0.2, 0) is 13.5 Å². The number of nitrogens with zero attached hydrogens (tertiary/aromatic N) is 4. The number of rotatable bonds is 4. The molecule has 118 valence electrons. The van der Waals surface area contributed by atoms with Crippen LogP contribution in [0, 0.1) is 12.7 Å². The van der Waals surface area contributed by atoms with E-state index < -0.39 is 0 Å². The molecule has 3 aromatic rings. The first-order valence-electron chi connectivity index (χ1n) is 7.47. The molecule has 0 N–H and O–H groups in total. The lowest BCUT2D eigenvalue weighted by Crippen LogP contribution is -2.15. The van der Waals surface area contributed by atoms with Gasteiger partial charge in [0.2, 0.25) is 5.95 Å². The van der Waals surface area contributed by atoms with Gasteiger partial charge in [0.1, 0.15) is 11.6 Å². The summed E-state index contributed by atoms with van der Waals surface area (Å²) in [5.74, 6) is 1.36. The smallest absolute Gasteiger partial charge is 0.231 e. The molecule has 0 aliphatic heterocycles. The zero-order valence-electron chi connectivity index (χ0n) is 13.5. The fourth-order valence-corrected chi connectivity index (χ4v) is 2.47. The molecular formula is C18H19FN4. The molecule has 0 aliphatic rings. The van der Waals surface area contributed by atoms with E-state index in [1.807, 2.05) is 23.6 Å². The quantitative estimate of drug-likeness (QED) is 0.738. The van der Waals surface area contributed by atoms with Crippen molar-refractivity contribution in [2.75, 3.05) is 11.9 Å². The molecule has 0 aliphatic carbocycles. The molecule has 0 amide bonds. The second-order valence-corrected chi connectivity index (χ2v) is 5.67. The van der Waals surface area contributed by atoms with Crippen LogP contribution in [0.2, 0.25) is 0 Å². The zero-order valence-corrected chi connectivity index (χ0v) is 13.5. The summed E-state index contributed by atoms with van der Waals surface area (Å²) in [6, 6.07) is 14.7. The summed E-state index contributed by atoms with van der Waals surface area (Å²) in [6.07, 6.45) is 0.723. The normalized spacial score (nSPS) is 10.8. The molecule has 4 nitrogen and oxygen atoms in total. The topological polar surface area (TPSA) is 34.0 Å². The van der Waals surface area contributed by atoms with E-state index in [0.29, 0.717) is 0 Å². The molecule has 0 unspecified atom stereocenters. The van der Waals surface area contributed by atoms with Crippen LogP contribution in [0.3, 0.4) is 0 Å². The molecule has 2 aromatic carbocycles. The highest BCUT2D eigenvalue weighted by atomic mass is 19.1. The number of hydrogen-bond donors (Lipinski definition) is 0.